The van der Waals surface area contributed by atoms with Gasteiger partial charge in [0.05, 0.1) is 7.11 Å². The minimum absolute atomic E-state index is 0.341. The molecule has 98 valence electrons. The van der Waals surface area contributed by atoms with E-state index in [1.807, 2.05) is 6.92 Å². The topological polar surface area (TPSA) is 38.3 Å². The summed E-state index contributed by atoms with van der Waals surface area (Å²) in [5.41, 5.74) is 4.41. The van der Waals surface area contributed by atoms with Crippen molar-refractivity contribution in [3.8, 4) is 0 Å². The highest BCUT2D eigenvalue weighted by Gasteiger charge is 2.06. The number of rotatable bonds is 5. The zero-order valence-electron chi connectivity index (χ0n) is 11.5. The van der Waals surface area contributed by atoms with Crippen LogP contribution in [0.25, 0.3) is 0 Å². The molecule has 1 N–H and O–H groups in total. The second-order valence-electron chi connectivity index (χ2n) is 4.13. The number of esters is 1. The number of nitrogens with one attached hydrogen (secondary N) is 1. The summed E-state index contributed by atoms with van der Waals surface area (Å²) in [4.78, 5) is 11.2. The molecule has 0 saturated heterocycles. The van der Waals surface area contributed by atoms with E-state index in [-0.39, 0.29) is 5.97 Å². The molecule has 0 heterocycles. The van der Waals surface area contributed by atoms with Crippen molar-refractivity contribution in [3.63, 3.8) is 0 Å². The normalized spacial score (nSPS) is 11.2. The van der Waals surface area contributed by atoms with Gasteiger partial charge in [-0.3, -0.25) is 0 Å². The molecule has 18 heavy (non-hydrogen) atoms. The molecule has 0 fully saturated rings. The van der Waals surface area contributed by atoms with Crippen LogP contribution in [0.5, 0.6) is 0 Å². The molecule has 1 rings (SSSR count). The lowest BCUT2D eigenvalue weighted by Crippen LogP contribution is -2.06. The van der Waals surface area contributed by atoms with E-state index in [0.717, 1.165) is 24.2 Å². The third-order valence-corrected chi connectivity index (χ3v) is 2.86. The number of benzene rings is 1. The number of hydrogen-bond donors (Lipinski definition) is 1. The first-order chi connectivity index (χ1) is 8.62. The summed E-state index contributed by atoms with van der Waals surface area (Å²) in [5.74, 6) is -0.341. The van der Waals surface area contributed by atoms with Crippen LogP contribution in [0.3, 0.4) is 0 Å². The number of methoxy groups -OCH3 is 1. The maximum atomic E-state index is 11.2. The molecule has 0 aliphatic rings. The maximum absolute atomic E-state index is 11.2. The van der Waals surface area contributed by atoms with Crippen molar-refractivity contribution in [2.75, 3.05) is 12.4 Å². The van der Waals surface area contributed by atoms with Gasteiger partial charge < -0.3 is 10.1 Å². The van der Waals surface area contributed by atoms with Crippen LogP contribution in [0.4, 0.5) is 5.69 Å². The zero-order valence-corrected chi connectivity index (χ0v) is 11.5. The minimum Gasteiger partial charge on any atom is -0.466 e. The number of allylic oxidation sites excluding steroid dienone is 1. The summed E-state index contributed by atoms with van der Waals surface area (Å²) in [6, 6.07) is 6.28. The van der Waals surface area contributed by atoms with Crippen molar-refractivity contribution in [2.45, 2.75) is 33.6 Å². The fraction of sp³-hybridized carbons (Fsp3) is 0.400. The smallest absolute Gasteiger partial charge is 0.332 e. The molecule has 0 unspecified atom stereocenters. The van der Waals surface area contributed by atoms with Crippen molar-refractivity contribution in [2.24, 2.45) is 0 Å². The highest BCUT2D eigenvalue weighted by molar-refractivity contribution is 5.83. The SMILES string of the molecule is CCc1cccc(CC)c1N/C(C)=C\C(=O)OC. The fourth-order valence-electron chi connectivity index (χ4n) is 1.87. The van der Waals surface area contributed by atoms with E-state index in [1.165, 1.54) is 24.3 Å². The van der Waals surface area contributed by atoms with E-state index in [9.17, 15) is 4.79 Å². The van der Waals surface area contributed by atoms with Crippen LogP contribution in [-0.2, 0) is 22.4 Å². The molecule has 0 aromatic heterocycles. The quantitative estimate of drug-likeness (QED) is 0.641. The highest BCUT2D eigenvalue weighted by atomic mass is 16.5. The van der Waals surface area contributed by atoms with Gasteiger partial charge in [0.2, 0.25) is 0 Å². The Morgan fingerprint density at radius 1 is 1.28 bits per heavy atom. The van der Waals surface area contributed by atoms with E-state index < -0.39 is 0 Å². The first-order valence-corrected chi connectivity index (χ1v) is 6.26. The standard InChI is InChI=1S/C15H21NO2/c1-5-12-8-7-9-13(6-2)15(12)16-11(3)10-14(17)18-4/h7-10,16H,5-6H2,1-4H3/b11-10-. The molecule has 0 saturated carbocycles. The summed E-state index contributed by atoms with van der Waals surface area (Å²) in [7, 11) is 1.38. The maximum Gasteiger partial charge on any atom is 0.332 e. The molecule has 0 radical (unpaired) electrons. The van der Waals surface area contributed by atoms with Gasteiger partial charge in [-0.05, 0) is 30.9 Å². The summed E-state index contributed by atoms with van der Waals surface area (Å²) < 4.78 is 4.62. The predicted octanol–water partition coefficient (Wildman–Crippen LogP) is 3.30. The van der Waals surface area contributed by atoms with E-state index in [0.29, 0.717) is 0 Å². The molecule has 3 nitrogen and oxygen atoms in total. The number of para-hydroxylation sites is 1. The molecule has 0 amide bonds. The van der Waals surface area contributed by atoms with Crippen LogP contribution in [0.15, 0.2) is 30.0 Å². The number of aryl methyl sites for hydroxylation is 2. The average molecular weight is 247 g/mol. The fourth-order valence-corrected chi connectivity index (χ4v) is 1.87. The van der Waals surface area contributed by atoms with Gasteiger partial charge in [0.25, 0.3) is 0 Å². The number of carbonyl (C=O) groups is 1. The molecule has 1 aromatic carbocycles. The van der Waals surface area contributed by atoms with E-state index in [2.05, 4.69) is 42.1 Å². The minimum atomic E-state index is -0.341. The Labute approximate surface area is 109 Å². The first-order valence-electron chi connectivity index (χ1n) is 6.26. The summed E-state index contributed by atoms with van der Waals surface area (Å²) in [5, 5.41) is 3.31. The second kappa shape index (κ2) is 6.84. The zero-order chi connectivity index (χ0) is 13.5. The third-order valence-electron chi connectivity index (χ3n) is 2.86. The van der Waals surface area contributed by atoms with Crippen LogP contribution in [0.2, 0.25) is 0 Å². The van der Waals surface area contributed by atoms with Gasteiger partial charge in [-0.1, -0.05) is 32.0 Å². The Morgan fingerprint density at radius 3 is 2.28 bits per heavy atom. The third kappa shape index (κ3) is 3.62. The highest BCUT2D eigenvalue weighted by Crippen LogP contribution is 2.23. The van der Waals surface area contributed by atoms with Gasteiger partial charge in [0.15, 0.2) is 0 Å². The number of hydrogen-bond acceptors (Lipinski definition) is 3. The molecule has 0 bridgehead atoms. The number of anilines is 1. The predicted molar refractivity (Wildman–Crippen MR) is 74.6 cm³/mol. The molecule has 0 aliphatic carbocycles. The van der Waals surface area contributed by atoms with Gasteiger partial charge >= 0.3 is 5.97 Å². The second-order valence-corrected chi connectivity index (χ2v) is 4.13. The Kier molecular flexibility index (Phi) is 5.43. The van der Waals surface area contributed by atoms with Crippen LogP contribution in [0.1, 0.15) is 31.9 Å². The molecule has 1 aromatic rings. The van der Waals surface area contributed by atoms with Crippen LogP contribution < -0.4 is 5.32 Å². The Bertz CT molecular complexity index is 428. The van der Waals surface area contributed by atoms with Gasteiger partial charge in [0, 0.05) is 17.5 Å². The lowest BCUT2D eigenvalue weighted by Gasteiger charge is -2.15. The van der Waals surface area contributed by atoms with Crippen LogP contribution in [0, 0.1) is 0 Å². The lowest BCUT2D eigenvalue weighted by molar-refractivity contribution is -0.134. The summed E-state index contributed by atoms with van der Waals surface area (Å²) in [6.07, 6.45) is 3.38. The molecule has 0 aliphatic heterocycles. The molecular weight excluding hydrogens is 226 g/mol. The van der Waals surface area contributed by atoms with Gasteiger partial charge in [-0.25, -0.2) is 4.79 Å². The summed E-state index contributed by atoms with van der Waals surface area (Å²) >= 11 is 0. The monoisotopic (exact) mass is 247 g/mol. The van der Waals surface area contributed by atoms with E-state index >= 15 is 0 Å². The van der Waals surface area contributed by atoms with Gasteiger partial charge in [0.1, 0.15) is 0 Å². The number of ether oxygens (including phenoxy) is 1. The average Bonchev–Trinajstić information content (AvgIpc) is 2.38. The Hall–Kier alpha value is -1.77. The van der Waals surface area contributed by atoms with Crippen molar-refractivity contribution in [1.82, 2.24) is 0 Å². The molecule has 3 heteroatoms. The Morgan fingerprint density at radius 2 is 1.83 bits per heavy atom. The van der Waals surface area contributed by atoms with Crippen molar-refractivity contribution in [3.05, 3.63) is 41.1 Å². The van der Waals surface area contributed by atoms with Crippen molar-refractivity contribution < 1.29 is 9.53 Å². The molecule has 0 atom stereocenters. The largest absolute Gasteiger partial charge is 0.466 e. The molecule has 0 spiro atoms. The van der Waals surface area contributed by atoms with Gasteiger partial charge in [-0.2, -0.15) is 0 Å². The van der Waals surface area contributed by atoms with Gasteiger partial charge in [-0.15, -0.1) is 0 Å². The molecular formula is C15H21NO2. The van der Waals surface area contributed by atoms with E-state index in [4.69, 9.17) is 0 Å². The van der Waals surface area contributed by atoms with Crippen molar-refractivity contribution in [1.29, 1.82) is 0 Å². The lowest BCUT2D eigenvalue weighted by atomic mass is 10.0. The first kappa shape index (κ1) is 14.3. The van der Waals surface area contributed by atoms with Crippen molar-refractivity contribution >= 4 is 11.7 Å². The number of carbonyl (C=O) groups excluding carboxylic acids is 1. The Balaban J connectivity index is 3.02. The summed E-state index contributed by atoms with van der Waals surface area (Å²) in [6.45, 7) is 6.11. The van der Waals surface area contributed by atoms with E-state index in [1.54, 1.807) is 0 Å². The van der Waals surface area contributed by atoms with Crippen LogP contribution in [-0.4, -0.2) is 13.1 Å². The van der Waals surface area contributed by atoms with Crippen LogP contribution >= 0.6 is 0 Å².